The summed E-state index contributed by atoms with van der Waals surface area (Å²) in [6, 6.07) is 12.3. The normalized spacial score (nSPS) is 17.8. The molecule has 1 saturated heterocycles. The van der Waals surface area contributed by atoms with Gasteiger partial charge in [0.15, 0.2) is 0 Å². The summed E-state index contributed by atoms with van der Waals surface area (Å²) in [5.74, 6) is 2.25. The van der Waals surface area contributed by atoms with Crippen LogP contribution in [0.25, 0.3) is 0 Å². The highest BCUT2D eigenvalue weighted by Crippen LogP contribution is 2.30. The summed E-state index contributed by atoms with van der Waals surface area (Å²) in [6.07, 6.45) is 1.10. The number of benzene rings is 1. The predicted octanol–water partition coefficient (Wildman–Crippen LogP) is 2.49. The third-order valence-electron chi connectivity index (χ3n) is 3.83. The number of ether oxygens (including phenoxy) is 2. The lowest BCUT2D eigenvalue weighted by Gasteiger charge is -2.17. The lowest BCUT2D eigenvalue weighted by Crippen LogP contribution is -2.22. The second-order valence-electron chi connectivity index (χ2n) is 5.09. The van der Waals surface area contributed by atoms with E-state index in [1.54, 1.807) is 20.3 Å². The molecule has 110 valence electrons. The van der Waals surface area contributed by atoms with Gasteiger partial charge < -0.3 is 14.4 Å². The average molecular weight is 285 g/mol. The van der Waals surface area contributed by atoms with Crippen molar-refractivity contribution in [2.45, 2.75) is 12.3 Å². The van der Waals surface area contributed by atoms with Crippen LogP contribution in [0.5, 0.6) is 11.8 Å². The maximum Gasteiger partial charge on any atom is 0.231 e. The zero-order valence-corrected chi connectivity index (χ0v) is 12.3. The monoisotopic (exact) mass is 285 g/mol. The van der Waals surface area contributed by atoms with Gasteiger partial charge in [-0.15, -0.1) is 0 Å². The molecule has 0 saturated carbocycles. The Hall–Kier alpha value is -2.30. The van der Waals surface area contributed by atoms with E-state index in [2.05, 4.69) is 39.1 Å². The standard InChI is InChI=1S/C16H19N3O2/c1-20-14-10-15(21-2)18-16(17-14)19-9-8-13(11-19)12-6-4-3-5-7-12/h3-7,10,13H,8-9,11H2,1-2H3. The molecule has 1 unspecified atom stereocenters. The molecule has 1 aromatic heterocycles. The SMILES string of the molecule is COc1cc(OC)nc(N2CCC(c3ccccc3)C2)n1. The van der Waals surface area contributed by atoms with Crippen LogP contribution in [0.15, 0.2) is 36.4 Å². The highest BCUT2D eigenvalue weighted by Gasteiger charge is 2.26. The highest BCUT2D eigenvalue weighted by atomic mass is 16.5. The van der Waals surface area contributed by atoms with E-state index in [4.69, 9.17) is 9.47 Å². The average Bonchev–Trinajstić information content (AvgIpc) is 3.05. The van der Waals surface area contributed by atoms with Crippen molar-refractivity contribution in [3.05, 3.63) is 42.0 Å². The first-order valence-electron chi connectivity index (χ1n) is 7.07. The van der Waals surface area contributed by atoms with E-state index >= 15 is 0 Å². The van der Waals surface area contributed by atoms with Crippen LogP contribution in [0, 0.1) is 0 Å². The van der Waals surface area contributed by atoms with E-state index in [1.165, 1.54) is 5.56 Å². The van der Waals surface area contributed by atoms with Crippen LogP contribution in [0.1, 0.15) is 17.9 Å². The van der Waals surface area contributed by atoms with Crippen LogP contribution >= 0.6 is 0 Å². The number of aromatic nitrogens is 2. The maximum absolute atomic E-state index is 5.21. The molecule has 3 rings (SSSR count). The molecule has 0 radical (unpaired) electrons. The Morgan fingerprint density at radius 3 is 2.33 bits per heavy atom. The topological polar surface area (TPSA) is 47.5 Å². The molecule has 1 aliphatic heterocycles. The molecule has 0 spiro atoms. The zero-order chi connectivity index (χ0) is 14.7. The van der Waals surface area contributed by atoms with Crippen molar-refractivity contribution < 1.29 is 9.47 Å². The smallest absolute Gasteiger partial charge is 0.231 e. The Bertz CT molecular complexity index is 581. The van der Waals surface area contributed by atoms with Crippen LogP contribution in [0.3, 0.4) is 0 Å². The van der Waals surface area contributed by atoms with E-state index in [1.807, 2.05) is 6.07 Å². The lowest BCUT2D eigenvalue weighted by molar-refractivity contribution is 0.372. The molecule has 1 aromatic carbocycles. The minimum Gasteiger partial charge on any atom is -0.481 e. The van der Waals surface area contributed by atoms with Gasteiger partial charge in [-0.25, -0.2) is 0 Å². The van der Waals surface area contributed by atoms with Gasteiger partial charge in [0.2, 0.25) is 17.7 Å². The van der Waals surface area contributed by atoms with Gasteiger partial charge in [-0.05, 0) is 12.0 Å². The molecule has 5 nitrogen and oxygen atoms in total. The summed E-state index contributed by atoms with van der Waals surface area (Å²) >= 11 is 0. The van der Waals surface area contributed by atoms with Gasteiger partial charge in [-0.3, -0.25) is 0 Å². The summed E-state index contributed by atoms with van der Waals surface area (Å²) in [5, 5.41) is 0. The first-order valence-corrected chi connectivity index (χ1v) is 7.07. The van der Waals surface area contributed by atoms with Gasteiger partial charge in [0.05, 0.1) is 20.3 Å². The van der Waals surface area contributed by atoms with Gasteiger partial charge in [0.1, 0.15) is 0 Å². The minimum atomic E-state index is 0.520. The minimum absolute atomic E-state index is 0.520. The quantitative estimate of drug-likeness (QED) is 0.863. The number of rotatable bonds is 4. The number of hydrogen-bond acceptors (Lipinski definition) is 5. The second kappa shape index (κ2) is 5.99. The number of hydrogen-bond donors (Lipinski definition) is 0. The molecule has 21 heavy (non-hydrogen) atoms. The van der Waals surface area contributed by atoms with E-state index < -0.39 is 0 Å². The third-order valence-corrected chi connectivity index (χ3v) is 3.83. The Morgan fingerprint density at radius 1 is 1.05 bits per heavy atom. The maximum atomic E-state index is 5.21. The summed E-state index contributed by atoms with van der Waals surface area (Å²) in [7, 11) is 3.20. The Balaban J connectivity index is 1.80. The number of nitrogens with zero attached hydrogens (tertiary/aromatic N) is 3. The molecule has 1 aliphatic rings. The summed E-state index contributed by atoms with van der Waals surface area (Å²) in [6.45, 7) is 1.86. The molecule has 2 heterocycles. The van der Waals surface area contributed by atoms with Gasteiger partial charge in [-0.1, -0.05) is 30.3 Å². The fourth-order valence-corrected chi connectivity index (χ4v) is 2.68. The molecule has 0 N–H and O–H groups in total. The van der Waals surface area contributed by atoms with Gasteiger partial charge >= 0.3 is 0 Å². The molecule has 0 amide bonds. The molecule has 5 heteroatoms. The molecule has 1 fully saturated rings. The van der Waals surface area contributed by atoms with Gasteiger partial charge in [0, 0.05) is 19.0 Å². The van der Waals surface area contributed by atoms with Gasteiger partial charge in [-0.2, -0.15) is 9.97 Å². The van der Waals surface area contributed by atoms with E-state index in [-0.39, 0.29) is 0 Å². The van der Waals surface area contributed by atoms with Crippen molar-refractivity contribution >= 4 is 5.95 Å². The molecule has 0 aliphatic carbocycles. The van der Waals surface area contributed by atoms with Crippen molar-refractivity contribution in [1.29, 1.82) is 0 Å². The first kappa shape index (κ1) is 13.7. The van der Waals surface area contributed by atoms with Crippen molar-refractivity contribution in [2.24, 2.45) is 0 Å². The van der Waals surface area contributed by atoms with Gasteiger partial charge in [0.25, 0.3) is 0 Å². The summed E-state index contributed by atoms with van der Waals surface area (Å²) < 4.78 is 10.4. The second-order valence-corrected chi connectivity index (χ2v) is 5.09. The highest BCUT2D eigenvalue weighted by molar-refractivity contribution is 5.39. The van der Waals surface area contributed by atoms with Crippen molar-refractivity contribution in [3.8, 4) is 11.8 Å². The van der Waals surface area contributed by atoms with E-state index in [9.17, 15) is 0 Å². The third kappa shape index (κ3) is 2.91. The van der Waals surface area contributed by atoms with Crippen LogP contribution in [0.2, 0.25) is 0 Å². The van der Waals surface area contributed by atoms with Crippen LogP contribution in [0.4, 0.5) is 5.95 Å². The molecular formula is C16H19N3O2. The van der Waals surface area contributed by atoms with Crippen LogP contribution < -0.4 is 14.4 Å². The van der Waals surface area contributed by atoms with E-state index in [0.717, 1.165) is 19.5 Å². The van der Waals surface area contributed by atoms with Crippen LogP contribution in [-0.4, -0.2) is 37.3 Å². The van der Waals surface area contributed by atoms with Crippen molar-refractivity contribution in [1.82, 2.24) is 9.97 Å². The fraction of sp³-hybridized carbons (Fsp3) is 0.375. The predicted molar refractivity (Wildman–Crippen MR) is 81.1 cm³/mol. The van der Waals surface area contributed by atoms with Crippen molar-refractivity contribution in [3.63, 3.8) is 0 Å². The molecular weight excluding hydrogens is 266 g/mol. The molecule has 2 aromatic rings. The van der Waals surface area contributed by atoms with E-state index in [0.29, 0.717) is 23.6 Å². The fourth-order valence-electron chi connectivity index (χ4n) is 2.68. The Labute approximate surface area is 124 Å². The molecule has 1 atom stereocenters. The Morgan fingerprint density at radius 2 is 1.71 bits per heavy atom. The number of methoxy groups -OCH3 is 2. The number of anilines is 1. The summed E-state index contributed by atoms with van der Waals surface area (Å²) in [4.78, 5) is 11.0. The lowest BCUT2D eigenvalue weighted by atomic mass is 9.99. The largest absolute Gasteiger partial charge is 0.481 e. The van der Waals surface area contributed by atoms with Crippen LogP contribution in [-0.2, 0) is 0 Å². The molecule has 0 bridgehead atoms. The summed E-state index contributed by atoms with van der Waals surface area (Å²) in [5.41, 5.74) is 1.37. The van der Waals surface area contributed by atoms with Crippen molar-refractivity contribution in [2.75, 3.05) is 32.2 Å². The Kier molecular flexibility index (Phi) is 3.90. The zero-order valence-electron chi connectivity index (χ0n) is 12.3. The first-order chi connectivity index (χ1) is 10.3.